The number of H-pyrrole nitrogens is 1. The van der Waals surface area contributed by atoms with Gasteiger partial charge in [-0.25, -0.2) is 4.98 Å². The van der Waals surface area contributed by atoms with E-state index in [-0.39, 0.29) is 4.87 Å². The van der Waals surface area contributed by atoms with Crippen LogP contribution in [0.5, 0.6) is 0 Å². The van der Waals surface area contributed by atoms with E-state index in [0.717, 1.165) is 32.3 Å². The summed E-state index contributed by atoms with van der Waals surface area (Å²) in [4.78, 5) is 19.5. The predicted molar refractivity (Wildman–Crippen MR) is 89.1 cm³/mol. The van der Waals surface area contributed by atoms with Crippen LogP contribution in [-0.4, -0.2) is 16.5 Å². The van der Waals surface area contributed by atoms with Gasteiger partial charge in [-0.05, 0) is 24.6 Å². The van der Waals surface area contributed by atoms with Gasteiger partial charge in [-0.3, -0.25) is 4.79 Å². The fourth-order valence-electron chi connectivity index (χ4n) is 1.74. The van der Waals surface area contributed by atoms with Crippen LogP contribution < -0.4 is 10.2 Å². The Morgan fingerprint density at radius 2 is 2.10 bits per heavy atom. The fourth-order valence-corrected chi connectivity index (χ4v) is 3.40. The van der Waals surface area contributed by atoms with Crippen molar-refractivity contribution in [2.75, 3.05) is 11.9 Å². The molecule has 2 N–H and O–H groups in total. The normalized spacial score (nSPS) is 10.2. The Balaban J connectivity index is 0.000000704. The zero-order chi connectivity index (χ0) is 14.5. The summed E-state index contributed by atoms with van der Waals surface area (Å²) in [6, 6.07) is 5.98. The monoisotopic (exact) mass is 307 g/mol. The van der Waals surface area contributed by atoms with Crippen molar-refractivity contribution >= 4 is 38.0 Å². The van der Waals surface area contributed by atoms with Gasteiger partial charge in [0.15, 0.2) is 5.13 Å². The van der Waals surface area contributed by atoms with Crippen molar-refractivity contribution in [3.05, 3.63) is 34.1 Å². The third-order valence-corrected chi connectivity index (χ3v) is 4.39. The van der Waals surface area contributed by atoms with Crippen LogP contribution >= 0.6 is 22.7 Å². The van der Waals surface area contributed by atoms with Crippen LogP contribution in [0.4, 0.5) is 5.13 Å². The number of nitrogens with one attached hydrogen (secondary N) is 2. The van der Waals surface area contributed by atoms with E-state index >= 15 is 0 Å². The van der Waals surface area contributed by atoms with Gasteiger partial charge in [0.25, 0.3) is 0 Å². The number of anilines is 1. The van der Waals surface area contributed by atoms with Gasteiger partial charge in [0.2, 0.25) is 0 Å². The van der Waals surface area contributed by atoms with E-state index in [0.29, 0.717) is 0 Å². The second kappa shape index (κ2) is 6.67. The first-order valence-corrected chi connectivity index (χ1v) is 8.22. The maximum Gasteiger partial charge on any atom is 0.305 e. The number of hydrogen-bond acceptors (Lipinski definition) is 5. The molecule has 0 aliphatic rings. The van der Waals surface area contributed by atoms with Crippen LogP contribution in [0.25, 0.3) is 20.7 Å². The van der Waals surface area contributed by atoms with E-state index < -0.39 is 0 Å². The SMILES string of the molecule is CC.CCNc1ncc(-c2ccc3[nH]c(=O)sc3c2)s1. The van der Waals surface area contributed by atoms with Crippen molar-refractivity contribution in [2.45, 2.75) is 20.8 Å². The van der Waals surface area contributed by atoms with E-state index in [1.807, 2.05) is 45.2 Å². The molecule has 0 atom stereocenters. The van der Waals surface area contributed by atoms with Crippen molar-refractivity contribution in [3.63, 3.8) is 0 Å². The smallest absolute Gasteiger partial charge is 0.305 e. The highest BCUT2D eigenvalue weighted by Crippen LogP contribution is 2.31. The zero-order valence-electron chi connectivity index (χ0n) is 11.7. The summed E-state index contributed by atoms with van der Waals surface area (Å²) in [5.41, 5.74) is 1.99. The number of thiazole rings is 2. The van der Waals surface area contributed by atoms with Crippen LogP contribution in [-0.2, 0) is 0 Å². The van der Waals surface area contributed by atoms with Gasteiger partial charge in [-0.2, -0.15) is 0 Å². The minimum Gasteiger partial charge on any atom is -0.362 e. The summed E-state index contributed by atoms with van der Waals surface area (Å²) in [7, 11) is 0. The molecule has 2 heterocycles. The quantitative estimate of drug-likeness (QED) is 0.763. The molecule has 0 aliphatic carbocycles. The van der Waals surface area contributed by atoms with Crippen LogP contribution in [0.1, 0.15) is 20.8 Å². The first-order chi connectivity index (χ1) is 9.76. The van der Waals surface area contributed by atoms with Crippen LogP contribution in [0.2, 0.25) is 0 Å². The third-order valence-electron chi connectivity index (χ3n) is 2.54. The average Bonchev–Trinajstić information content (AvgIpc) is 3.06. The molecular weight excluding hydrogens is 290 g/mol. The fraction of sp³-hybridized carbons (Fsp3) is 0.286. The van der Waals surface area contributed by atoms with Crippen LogP contribution in [0, 0.1) is 0 Å². The van der Waals surface area contributed by atoms with Gasteiger partial charge < -0.3 is 10.3 Å². The van der Waals surface area contributed by atoms with Gasteiger partial charge in [0.1, 0.15) is 0 Å². The number of fused-ring (bicyclic) bond motifs is 1. The molecule has 0 fully saturated rings. The van der Waals surface area contributed by atoms with E-state index in [2.05, 4.69) is 15.3 Å². The highest BCUT2D eigenvalue weighted by atomic mass is 32.1. The molecule has 20 heavy (non-hydrogen) atoms. The number of aromatic nitrogens is 2. The Kier molecular flexibility index (Phi) is 4.92. The summed E-state index contributed by atoms with van der Waals surface area (Å²) >= 11 is 2.86. The number of hydrogen-bond donors (Lipinski definition) is 2. The lowest BCUT2D eigenvalue weighted by Gasteiger charge is -1.96. The van der Waals surface area contributed by atoms with Gasteiger partial charge in [-0.1, -0.05) is 42.6 Å². The summed E-state index contributed by atoms with van der Waals surface area (Å²) in [5, 5.41) is 4.12. The number of rotatable bonds is 3. The molecule has 0 saturated heterocycles. The van der Waals surface area contributed by atoms with Gasteiger partial charge in [-0.15, -0.1) is 0 Å². The van der Waals surface area contributed by atoms with E-state index in [9.17, 15) is 4.79 Å². The van der Waals surface area contributed by atoms with Crippen LogP contribution in [0.15, 0.2) is 29.2 Å². The maximum atomic E-state index is 11.3. The minimum absolute atomic E-state index is 0.0141. The molecule has 2 aromatic heterocycles. The molecule has 0 bridgehead atoms. The summed E-state index contributed by atoms with van der Waals surface area (Å²) in [6.45, 7) is 6.91. The van der Waals surface area contributed by atoms with E-state index in [1.54, 1.807) is 11.3 Å². The molecule has 0 spiro atoms. The molecular formula is C14H17N3OS2. The first-order valence-electron chi connectivity index (χ1n) is 6.59. The standard InChI is InChI=1S/C12H11N3OS2.C2H6/c1-2-13-11-14-6-10(17-11)7-3-4-8-9(5-7)18-12(16)15-8;1-2/h3-6H,2H2,1H3,(H,13,14)(H,15,16);1-2H3. The number of nitrogens with zero attached hydrogens (tertiary/aromatic N) is 1. The topological polar surface area (TPSA) is 57.8 Å². The van der Waals surface area contributed by atoms with Crippen molar-refractivity contribution in [1.82, 2.24) is 9.97 Å². The summed E-state index contributed by atoms with van der Waals surface area (Å²) < 4.78 is 0.982. The Bertz CT molecular complexity index is 742. The predicted octanol–water partition coefficient (Wildman–Crippen LogP) is 4.17. The largest absolute Gasteiger partial charge is 0.362 e. The Morgan fingerprint density at radius 1 is 1.30 bits per heavy atom. The average molecular weight is 307 g/mol. The molecule has 3 aromatic rings. The Hall–Kier alpha value is -1.66. The van der Waals surface area contributed by atoms with Gasteiger partial charge in [0.05, 0.1) is 15.1 Å². The number of benzene rings is 1. The van der Waals surface area contributed by atoms with Gasteiger partial charge in [0, 0.05) is 12.7 Å². The molecule has 3 rings (SSSR count). The third kappa shape index (κ3) is 3.08. The molecule has 106 valence electrons. The zero-order valence-corrected chi connectivity index (χ0v) is 13.3. The molecule has 0 amide bonds. The second-order valence-electron chi connectivity index (χ2n) is 3.79. The maximum absolute atomic E-state index is 11.3. The first kappa shape index (κ1) is 14.7. The molecule has 0 saturated carbocycles. The molecule has 6 heteroatoms. The summed E-state index contributed by atoms with van der Waals surface area (Å²) in [6.07, 6.45) is 1.86. The van der Waals surface area contributed by atoms with Crippen LogP contribution in [0.3, 0.4) is 0 Å². The lowest BCUT2D eigenvalue weighted by atomic mass is 10.2. The molecule has 0 unspecified atom stereocenters. The lowest BCUT2D eigenvalue weighted by molar-refractivity contribution is 1.19. The molecule has 0 radical (unpaired) electrons. The second-order valence-corrected chi connectivity index (χ2v) is 5.83. The summed E-state index contributed by atoms with van der Waals surface area (Å²) in [5.74, 6) is 0. The van der Waals surface area contributed by atoms with Gasteiger partial charge >= 0.3 is 4.87 Å². The lowest BCUT2D eigenvalue weighted by Crippen LogP contribution is -1.94. The van der Waals surface area contributed by atoms with Crippen molar-refractivity contribution in [3.8, 4) is 10.4 Å². The highest BCUT2D eigenvalue weighted by Gasteiger charge is 2.06. The van der Waals surface area contributed by atoms with E-state index in [1.165, 1.54) is 11.3 Å². The molecule has 4 nitrogen and oxygen atoms in total. The number of aromatic amines is 1. The van der Waals surface area contributed by atoms with E-state index in [4.69, 9.17) is 0 Å². The molecule has 1 aromatic carbocycles. The van der Waals surface area contributed by atoms with Crippen molar-refractivity contribution in [1.29, 1.82) is 0 Å². The minimum atomic E-state index is -0.0141. The van der Waals surface area contributed by atoms with Crippen molar-refractivity contribution in [2.24, 2.45) is 0 Å². The van der Waals surface area contributed by atoms with Crippen molar-refractivity contribution < 1.29 is 0 Å². The Labute approximate surface area is 125 Å². The molecule has 0 aliphatic heterocycles. The Morgan fingerprint density at radius 3 is 2.85 bits per heavy atom. The highest BCUT2D eigenvalue weighted by molar-refractivity contribution is 7.19.